The smallest absolute Gasteiger partial charge is 0.251 e. The Bertz CT molecular complexity index is 1350. The van der Waals surface area contributed by atoms with Crippen molar-refractivity contribution < 1.29 is 9.59 Å². The third-order valence-electron chi connectivity index (χ3n) is 5.44. The van der Waals surface area contributed by atoms with Gasteiger partial charge in [0, 0.05) is 42.7 Å². The first kappa shape index (κ1) is 21.8. The van der Waals surface area contributed by atoms with Gasteiger partial charge in [0.1, 0.15) is 0 Å². The van der Waals surface area contributed by atoms with Gasteiger partial charge in [-0.3, -0.25) is 14.9 Å². The Morgan fingerprint density at radius 3 is 2.53 bits per heavy atom. The fraction of sp³-hybridized carbons (Fsp3) is 0.154. The summed E-state index contributed by atoms with van der Waals surface area (Å²) in [7, 11) is 1.93. The molecular formula is C26H23N5O2S. The molecule has 2 aromatic carbocycles. The number of hydrogen-bond acceptors (Lipinski definition) is 5. The third-order valence-corrected chi connectivity index (χ3v) is 6.41. The Hall–Kier alpha value is -4.04. The molecule has 5 rings (SSSR count). The molecule has 0 radical (unpaired) electrons. The maximum absolute atomic E-state index is 12.6. The van der Waals surface area contributed by atoms with Crippen molar-refractivity contribution in [3.8, 4) is 22.0 Å². The van der Waals surface area contributed by atoms with E-state index in [4.69, 9.17) is 0 Å². The molecule has 1 saturated carbocycles. The van der Waals surface area contributed by atoms with Gasteiger partial charge in [0.05, 0.1) is 10.6 Å². The van der Waals surface area contributed by atoms with Crippen LogP contribution in [0.1, 0.15) is 28.8 Å². The molecule has 0 bridgehead atoms. The lowest BCUT2D eigenvalue weighted by Crippen LogP contribution is -2.25. The molecule has 1 fully saturated rings. The predicted octanol–water partition coefficient (Wildman–Crippen LogP) is 4.75. The summed E-state index contributed by atoms with van der Waals surface area (Å²) in [5, 5.41) is 6.33. The van der Waals surface area contributed by atoms with E-state index in [1.165, 1.54) is 17.4 Å². The molecule has 2 aromatic heterocycles. The molecule has 0 spiro atoms. The van der Waals surface area contributed by atoms with Crippen LogP contribution >= 0.6 is 11.3 Å². The van der Waals surface area contributed by atoms with Gasteiger partial charge in [-0.2, -0.15) is 0 Å². The minimum absolute atomic E-state index is 0.0581. The molecule has 0 atom stereocenters. The summed E-state index contributed by atoms with van der Waals surface area (Å²) in [6.07, 6.45) is 8.90. The molecule has 34 heavy (non-hydrogen) atoms. The zero-order valence-electron chi connectivity index (χ0n) is 18.6. The number of hydrogen-bond donors (Lipinski definition) is 2. The van der Waals surface area contributed by atoms with E-state index < -0.39 is 0 Å². The number of aryl methyl sites for hydroxylation is 1. The number of benzene rings is 2. The Kier molecular flexibility index (Phi) is 6.05. The number of carbonyl (C=O) groups is 2. The van der Waals surface area contributed by atoms with Crippen LogP contribution in [0.15, 0.2) is 73.1 Å². The summed E-state index contributed by atoms with van der Waals surface area (Å²) >= 11 is 1.39. The van der Waals surface area contributed by atoms with Gasteiger partial charge in [0.15, 0.2) is 11.0 Å². The second-order valence-corrected chi connectivity index (χ2v) is 9.12. The zero-order valence-corrected chi connectivity index (χ0v) is 19.4. The highest BCUT2D eigenvalue weighted by atomic mass is 32.1. The van der Waals surface area contributed by atoms with E-state index in [1.807, 2.05) is 60.3 Å². The van der Waals surface area contributed by atoms with Crippen LogP contribution in [0.5, 0.6) is 0 Å². The fourth-order valence-electron chi connectivity index (χ4n) is 3.46. The summed E-state index contributed by atoms with van der Waals surface area (Å²) in [6.45, 7) is 0. The van der Waals surface area contributed by atoms with Crippen LogP contribution in [0.25, 0.3) is 28.0 Å². The summed E-state index contributed by atoms with van der Waals surface area (Å²) in [5.41, 5.74) is 3.18. The number of thiazole rings is 1. The van der Waals surface area contributed by atoms with Gasteiger partial charge in [0.25, 0.3) is 5.91 Å². The summed E-state index contributed by atoms with van der Waals surface area (Å²) in [5.74, 6) is 0.450. The van der Waals surface area contributed by atoms with Crippen LogP contribution in [-0.2, 0) is 11.8 Å². The molecule has 2 N–H and O–H groups in total. The number of amides is 2. The second-order valence-electron chi connectivity index (χ2n) is 8.12. The maximum Gasteiger partial charge on any atom is 0.251 e. The first-order valence-electron chi connectivity index (χ1n) is 11.0. The highest BCUT2D eigenvalue weighted by Gasteiger charge is 2.23. The Balaban J connectivity index is 1.30. The van der Waals surface area contributed by atoms with E-state index in [2.05, 4.69) is 20.6 Å². The van der Waals surface area contributed by atoms with Crippen LogP contribution in [0, 0.1) is 0 Å². The van der Waals surface area contributed by atoms with Crippen molar-refractivity contribution in [3.05, 3.63) is 84.2 Å². The van der Waals surface area contributed by atoms with Crippen LogP contribution in [0.2, 0.25) is 0 Å². The van der Waals surface area contributed by atoms with Gasteiger partial charge < -0.3 is 9.88 Å². The number of anilines is 1. The number of rotatable bonds is 7. The predicted molar refractivity (Wildman–Crippen MR) is 134 cm³/mol. The van der Waals surface area contributed by atoms with E-state index in [0.717, 1.165) is 40.4 Å². The van der Waals surface area contributed by atoms with Crippen molar-refractivity contribution >= 4 is 34.4 Å². The molecular weight excluding hydrogens is 446 g/mol. The number of nitrogens with zero attached hydrogens (tertiary/aromatic N) is 3. The Morgan fingerprint density at radius 1 is 1.09 bits per heavy atom. The van der Waals surface area contributed by atoms with Crippen molar-refractivity contribution in [2.45, 2.75) is 18.9 Å². The molecule has 8 heteroatoms. The van der Waals surface area contributed by atoms with Crippen molar-refractivity contribution in [1.29, 1.82) is 0 Å². The molecule has 1 aliphatic rings. The SMILES string of the molecule is Cn1ccnc1-c1sc(NC(=O)/C=C/c2ccc(C(=O)NC3CC3)cc2)nc1-c1ccccc1. The van der Waals surface area contributed by atoms with Crippen molar-refractivity contribution in [1.82, 2.24) is 19.9 Å². The minimum Gasteiger partial charge on any atom is -0.349 e. The Morgan fingerprint density at radius 2 is 1.85 bits per heavy atom. The van der Waals surface area contributed by atoms with Crippen molar-refractivity contribution in [2.24, 2.45) is 7.05 Å². The molecule has 0 aliphatic heterocycles. The minimum atomic E-state index is -0.282. The normalized spacial score (nSPS) is 13.2. The van der Waals surface area contributed by atoms with E-state index >= 15 is 0 Å². The van der Waals surface area contributed by atoms with Gasteiger partial charge in [-0.1, -0.05) is 53.8 Å². The lowest BCUT2D eigenvalue weighted by Gasteiger charge is -2.03. The molecule has 170 valence electrons. The lowest BCUT2D eigenvalue weighted by atomic mass is 10.1. The highest BCUT2D eigenvalue weighted by Crippen LogP contribution is 2.38. The average molecular weight is 470 g/mol. The van der Waals surface area contributed by atoms with Gasteiger partial charge in [-0.05, 0) is 36.6 Å². The molecule has 0 saturated heterocycles. The standard InChI is InChI=1S/C26H23N5O2S/c1-31-16-15-27-24(31)23-22(18-5-3-2-4-6-18)30-26(34-23)29-21(32)14-9-17-7-10-19(11-8-17)25(33)28-20-12-13-20/h2-11,14-16,20H,12-13H2,1H3,(H,28,33)(H,29,30,32)/b14-9+. The monoisotopic (exact) mass is 469 g/mol. The summed E-state index contributed by atoms with van der Waals surface area (Å²) in [4.78, 5) is 34.7. The second kappa shape index (κ2) is 9.44. The molecule has 7 nitrogen and oxygen atoms in total. The topological polar surface area (TPSA) is 88.9 Å². The van der Waals surface area contributed by atoms with Crippen molar-refractivity contribution in [2.75, 3.05) is 5.32 Å². The molecule has 0 unspecified atom stereocenters. The fourth-order valence-corrected chi connectivity index (χ4v) is 4.49. The van der Waals surface area contributed by atoms with Gasteiger partial charge in [0.2, 0.25) is 5.91 Å². The van der Waals surface area contributed by atoms with E-state index in [0.29, 0.717) is 16.7 Å². The van der Waals surface area contributed by atoms with Crippen molar-refractivity contribution in [3.63, 3.8) is 0 Å². The quantitative estimate of drug-likeness (QED) is 0.382. The summed E-state index contributed by atoms with van der Waals surface area (Å²) in [6, 6.07) is 17.3. The molecule has 2 heterocycles. The molecule has 2 amide bonds. The number of aromatic nitrogens is 3. The number of nitrogens with one attached hydrogen (secondary N) is 2. The lowest BCUT2D eigenvalue weighted by molar-refractivity contribution is -0.111. The summed E-state index contributed by atoms with van der Waals surface area (Å²) < 4.78 is 1.93. The van der Waals surface area contributed by atoms with Gasteiger partial charge in [-0.25, -0.2) is 9.97 Å². The number of imidazole rings is 1. The number of carbonyl (C=O) groups excluding carboxylic acids is 2. The Labute approximate surface area is 201 Å². The van der Waals surface area contributed by atoms with Crippen LogP contribution < -0.4 is 10.6 Å². The van der Waals surface area contributed by atoms with E-state index in [1.54, 1.807) is 24.4 Å². The highest BCUT2D eigenvalue weighted by molar-refractivity contribution is 7.19. The first-order valence-corrected chi connectivity index (χ1v) is 11.8. The van der Waals surface area contributed by atoms with Gasteiger partial charge >= 0.3 is 0 Å². The van der Waals surface area contributed by atoms with Crippen LogP contribution in [0.4, 0.5) is 5.13 Å². The zero-order chi connectivity index (χ0) is 23.5. The molecule has 4 aromatic rings. The van der Waals surface area contributed by atoms with E-state index in [9.17, 15) is 9.59 Å². The van der Waals surface area contributed by atoms with Crippen LogP contribution in [-0.4, -0.2) is 32.4 Å². The largest absolute Gasteiger partial charge is 0.349 e. The first-order chi connectivity index (χ1) is 16.6. The third kappa shape index (κ3) is 4.97. The molecule has 1 aliphatic carbocycles. The maximum atomic E-state index is 12.6. The average Bonchev–Trinajstić information content (AvgIpc) is 3.41. The van der Waals surface area contributed by atoms with Gasteiger partial charge in [-0.15, -0.1) is 0 Å². The van der Waals surface area contributed by atoms with E-state index in [-0.39, 0.29) is 11.8 Å². The van der Waals surface area contributed by atoms with Crippen LogP contribution in [0.3, 0.4) is 0 Å².